The summed E-state index contributed by atoms with van der Waals surface area (Å²) in [6.45, 7) is 0. The number of thioether (sulfide) groups is 1. The summed E-state index contributed by atoms with van der Waals surface area (Å²) in [6.07, 6.45) is 2.92. The summed E-state index contributed by atoms with van der Waals surface area (Å²) in [6, 6.07) is 0. The van der Waals surface area contributed by atoms with Crippen molar-refractivity contribution in [3.63, 3.8) is 0 Å². The Morgan fingerprint density at radius 2 is 2.60 bits per heavy atom. The zero-order chi connectivity index (χ0) is 7.82. The maximum atomic E-state index is 10.3. The average Bonchev–Trinajstić information content (AvgIpc) is 1.98. The van der Waals surface area contributed by atoms with Gasteiger partial charge >= 0.3 is 6.09 Å². The van der Waals surface area contributed by atoms with Crippen molar-refractivity contribution in [2.75, 3.05) is 19.1 Å². The number of oxime groups is 1. The van der Waals surface area contributed by atoms with E-state index >= 15 is 0 Å². The van der Waals surface area contributed by atoms with Gasteiger partial charge in [0.15, 0.2) is 0 Å². The molecule has 0 spiro atoms. The Balaban J connectivity index is 3.25. The smallest absolute Gasteiger partial charge is 0.323 e. The summed E-state index contributed by atoms with van der Waals surface area (Å²) < 4.78 is 0. The summed E-state index contributed by atoms with van der Waals surface area (Å²) in [4.78, 5) is 14.6. The quantitative estimate of drug-likeness (QED) is 0.377. The normalized spacial score (nSPS) is 9.80. The maximum Gasteiger partial charge on any atom is 0.433 e. The molecular weight excluding hydrogens is 152 g/mol. The van der Waals surface area contributed by atoms with E-state index in [9.17, 15) is 4.79 Å². The number of carbonyl (C=O) groups is 1. The van der Waals surface area contributed by atoms with Gasteiger partial charge in [-0.1, -0.05) is 5.16 Å². The minimum atomic E-state index is -0.544. The van der Waals surface area contributed by atoms with Gasteiger partial charge in [-0.3, -0.25) is 4.84 Å². The molecule has 0 saturated carbocycles. The fourth-order valence-electron chi connectivity index (χ4n) is 0.236. The number of hydrogen-bond acceptors (Lipinski definition) is 4. The Bertz CT molecular complexity index is 127. The van der Waals surface area contributed by atoms with Crippen molar-refractivity contribution >= 4 is 24.1 Å². The zero-order valence-electron chi connectivity index (χ0n) is 5.96. The van der Waals surface area contributed by atoms with E-state index in [0.717, 1.165) is 5.75 Å². The van der Waals surface area contributed by atoms with Crippen LogP contribution in [0, 0.1) is 0 Å². The lowest BCUT2D eigenvalue weighted by Crippen LogP contribution is -2.16. The van der Waals surface area contributed by atoms with Gasteiger partial charge in [-0.2, -0.15) is 11.8 Å². The lowest BCUT2D eigenvalue weighted by Gasteiger charge is -1.92. The Labute approximate surface area is 64.0 Å². The third-order valence-corrected chi connectivity index (χ3v) is 1.14. The van der Waals surface area contributed by atoms with Crippen molar-refractivity contribution in [1.82, 2.24) is 5.32 Å². The van der Waals surface area contributed by atoms with E-state index in [1.165, 1.54) is 13.3 Å². The molecule has 0 atom stereocenters. The molecule has 0 unspecified atom stereocenters. The van der Waals surface area contributed by atoms with E-state index in [2.05, 4.69) is 15.3 Å². The molecule has 0 aliphatic heterocycles. The highest BCUT2D eigenvalue weighted by Crippen LogP contribution is 1.86. The standard InChI is InChI=1S/C5H10N2O2S/c1-6-5(8)9-7-3-4-10-2/h3H,4H2,1-2H3,(H,6,8). The fraction of sp³-hybridized carbons (Fsp3) is 0.600. The van der Waals surface area contributed by atoms with E-state index in [-0.39, 0.29) is 0 Å². The molecule has 10 heavy (non-hydrogen) atoms. The van der Waals surface area contributed by atoms with Crippen molar-refractivity contribution in [2.45, 2.75) is 0 Å². The Hall–Kier alpha value is -0.710. The van der Waals surface area contributed by atoms with Crippen LogP contribution in [0.25, 0.3) is 0 Å². The van der Waals surface area contributed by atoms with E-state index in [1.807, 2.05) is 6.26 Å². The highest BCUT2D eigenvalue weighted by molar-refractivity contribution is 7.99. The van der Waals surface area contributed by atoms with Crippen LogP contribution in [0.15, 0.2) is 5.16 Å². The molecule has 1 amide bonds. The molecule has 0 aliphatic rings. The summed E-state index contributed by atoms with van der Waals surface area (Å²) >= 11 is 1.60. The molecule has 0 heterocycles. The van der Waals surface area contributed by atoms with Gasteiger partial charge in [0.1, 0.15) is 0 Å². The first-order chi connectivity index (χ1) is 4.81. The molecule has 0 fully saturated rings. The predicted octanol–water partition coefficient (Wildman–Crippen LogP) is 0.691. The molecule has 0 bridgehead atoms. The van der Waals surface area contributed by atoms with Gasteiger partial charge < -0.3 is 5.32 Å². The van der Waals surface area contributed by atoms with Gasteiger partial charge in [0, 0.05) is 12.8 Å². The minimum Gasteiger partial charge on any atom is -0.323 e. The van der Waals surface area contributed by atoms with E-state index in [4.69, 9.17) is 0 Å². The lowest BCUT2D eigenvalue weighted by molar-refractivity contribution is 0.153. The molecule has 0 aromatic heterocycles. The Kier molecular flexibility index (Phi) is 5.96. The number of nitrogens with zero attached hydrogens (tertiary/aromatic N) is 1. The van der Waals surface area contributed by atoms with Crippen molar-refractivity contribution in [3.05, 3.63) is 0 Å². The topological polar surface area (TPSA) is 50.7 Å². The van der Waals surface area contributed by atoms with Gasteiger partial charge in [-0.15, -0.1) is 0 Å². The molecular formula is C5H10N2O2S. The van der Waals surface area contributed by atoms with Crippen molar-refractivity contribution in [1.29, 1.82) is 0 Å². The third kappa shape index (κ3) is 5.43. The van der Waals surface area contributed by atoms with Crippen LogP contribution in [-0.2, 0) is 4.84 Å². The van der Waals surface area contributed by atoms with Crippen molar-refractivity contribution < 1.29 is 9.63 Å². The van der Waals surface area contributed by atoms with Gasteiger partial charge in [0.05, 0.1) is 6.21 Å². The molecule has 0 saturated heterocycles. The second-order valence-corrected chi connectivity index (χ2v) is 2.28. The highest BCUT2D eigenvalue weighted by Gasteiger charge is 1.91. The number of nitrogens with one attached hydrogen (secondary N) is 1. The summed E-state index contributed by atoms with van der Waals surface area (Å²) in [7, 11) is 1.48. The molecule has 0 aromatic rings. The Morgan fingerprint density at radius 3 is 3.10 bits per heavy atom. The predicted molar refractivity (Wildman–Crippen MR) is 42.4 cm³/mol. The SMILES string of the molecule is CNC(=O)ON=CCSC. The molecule has 5 heteroatoms. The van der Waals surface area contributed by atoms with Crippen LogP contribution in [0.5, 0.6) is 0 Å². The molecule has 4 nitrogen and oxygen atoms in total. The van der Waals surface area contributed by atoms with Crippen LogP contribution in [0.4, 0.5) is 4.79 Å². The second kappa shape index (κ2) is 6.41. The molecule has 1 N–H and O–H groups in total. The van der Waals surface area contributed by atoms with Gasteiger partial charge in [0.2, 0.25) is 0 Å². The van der Waals surface area contributed by atoms with Gasteiger partial charge in [-0.05, 0) is 6.26 Å². The van der Waals surface area contributed by atoms with E-state index in [0.29, 0.717) is 0 Å². The molecule has 0 aromatic carbocycles. The number of carbonyl (C=O) groups excluding carboxylic acids is 1. The van der Waals surface area contributed by atoms with Gasteiger partial charge in [0.25, 0.3) is 0 Å². The molecule has 0 aliphatic carbocycles. The van der Waals surface area contributed by atoms with Crippen LogP contribution < -0.4 is 5.32 Å². The number of hydrogen-bond donors (Lipinski definition) is 1. The van der Waals surface area contributed by atoms with Crippen LogP contribution in [0.2, 0.25) is 0 Å². The largest absolute Gasteiger partial charge is 0.433 e. The maximum absolute atomic E-state index is 10.3. The number of rotatable bonds is 3. The lowest BCUT2D eigenvalue weighted by atomic mass is 10.9. The van der Waals surface area contributed by atoms with Gasteiger partial charge in [-0.25, -0.2) is 4.79 Å². The first kappa shape index (κ1) is 9.29. The van der Waals surface area contributed by atoms with Crippen LogP contribution in [0.3, 0.4) is 0 Å². The van der Waals surface area contributed by atoms with Crippen LogP contribution >= 0.6 is 11.8 Å². The third-order valence-electron chi connectivity index (χ3n) is 0.655. The average molecular weight is 162 g/mol. The van der Waals surface area contributed by atoms with Crippen LogP contribution in [0.1, 0.15) is 0 Å². The summed E-state index contributed by atoms with van der Waals surface area (Å²) in [5.41, 5.74) is 0. The molecule has 0 radical (unpaired) electrons. The Morgan fingerprint density at radius 1 is 1.90 bits per heavy atom. The van der Waals surface area contributed by atoms with E-state index in [1.54, 1.807) is 11.8 Å². The van der Waals surface area contributed by atoms with Crippen molar-refractivity contribution in [3.8, 4) is 0 Å². The van der Waals surface area contributed by atoms with Crippen LogP contribution in [-0.4, -0.2) is 31.4 Å². The minimum absolute atomic E-state index is 0.544. The monoisotopic (exact) mass is 162 g/mol. The fourth-order valence-corrected chi connectivity index (χ4v) is 0.446. The summed E-state index contributed by atoms with van der Waals surface area (Å²) in [5.74, 6) is 0.747. The summed E-state index contributed by atoms with van der Waals surface area (Å²) in [5, 5.41) is 5.63. The highest BCUT2D eigenvalue weighted by atomic mass is 32.2. The zero-order valence-corrected chi connectivity index (χ0v) is 6.77. The molecule has 0 rings (SSSR count). The second-order valence-electron chi connectivity index (χ2n) is 1.37. The van der Waals surface area contributed by atoms with Crippen molar-refractivity contribution in [2.24, 2.45) is 5.16 Å². The first-order valence-corrected chi connectivity index (χ1v) is 4.10. The molecule has 58 valence electrons. The van der Waals surface area contributed by atoms with E-state index < -0.39 is 6.09 Å². The first-order valence-electron chi connectivity index (χ1n) is 2.70. The number of amides is 1.